The predicted octanol–water partition coefficient (Wildman–Crippen LogP) is 4.29. The van der Waals surface area contributed by atoms with E-state index in [1.165, 1.54) is 0 Å². The van der Waals surface area contributed by atoms with E-state index in [0.717, 1.165) is 5.69 Å². The van der Waals surface area contributed by atoms with Gasteiger partial charge in [0.05, 0.1) is 18.4 Å². The quantitative estimate of drug-likeness (QED) is 0.426. The number of rotatable bonds is 6. The maximum atomic E-state index is 13.3. The summed E-state index contributed by atoms with van der Waals surface area (Å²) < 4.78 is 7.14. The van der Waals surface area contributed by atoms with Gasteiger partial charge in [0, 0.05) is 23.1 Å². The zero-order chi connectivity index (χ0) is 22.5. The highest BCUT2D eigenvalue weighted by atomic mass is 16.5. The van der Waals surface area contributed by atoms with Crippen LogP contribution in [0.3, 0.4) is 0 Å². The molecule has 0 aliphatic rings. The fourth-order valence-electron chi connectivity index (χ4n) is 3.31. The molecule has 0 saturated heterocycles. The van der Waals surface area contributed by atoms with Crippen LogP contribution in [0.25, 0.3) is 16.9 Å². The molecule has 8 heteroatoms. The Kier molecular flexibility index (Phi) is 5.85. The fourth-order valence-corrected chi connectivity index (χ4v) is 3.31. The summed E-state index contributed by atoms with van der Waals surface area (Å²) in [6, 6.07) is 22.9. The van der Waals surface area contributed by atoms with E-state index in [9.17, 15) is 9.59 Å². The number of aromatic nitrogens is 2. The summed E-state index contributed by atoms with van der Waals surface area (Å²) in [6.45, 7) is 0. The van der Waals surface area contributed by atoms with Crippen LogP contribution in [0.15, 0.2) is 85.1 Å². The number of ether oxygens (including phenoxy) is 1. The molecule has 4 aromatic rings. The molecule has 1 heterocycles. The molecular weight excluding hydrogens is 406 g/mol. The van der Waals surface area contributed by atoms with E-state index in [-0.39, 0.29) is 5.91 Å². The molecule has 0 aliphatic carbocycles. The van der Waals surface area contributed by atoms with Gasteiger partial charge in [-0.25, -0.2) is 9.48 Å². The van der Waals surface area contributed by atoms with Gasteiger partial charge >= 0.3 is 6.03 Å². The minimum Gasteiger partial charge on any atom is -0.496 e. The molecule has 0 spiro atoms. The molecule has 160 valence electrons. The topological polar surface area (TPSA) is 111 Å². The summed E-state index contributed by atoms with van der Waals surface area (Å²) >= 11 is 0. The van der Waals surface area contributed by atoms with Crippen molar-refractivity contribution in [3.05, 3.63) is 90.6 Å². The first-order valence-electron chi connectivity index (χ1n) is 9.81. The van der Waals surface area contributed by atoms with Crippen LogP contribution < -0.4 is 21.1 Å². The number of carbonyl (C=O) groups is 2. The Morgan fingerprint density at radius 2 is 1.59 bits per heavy atom. The number of nitrogens with two attached hydrogens (primary N) is 1. The third kappa shape index (κ3) is 4.44. The largest absolute Gasteiger partial charge is 0.496 e. The Balaban J connectivity index is 1.74. The van der Waals surface area contributed by atoms with E-state index in [4.69, 9.17) is 10.5 Å². The van der Waals surface area contributed by atoms with Crippen LogP contribution in [0.1, 0.15) is 10.4 Å². The molecule has 3 aromatic carbocycles. The molecule has 0 radical (unpaired) electrons. The first-order valence-corrected chi connectivity index (χ1v) is 9.81. The maximum Gasteiger partial charge on any atom is 0.316 e. The fraction of sp³-hybridized carbons (Fsp3) is 0.0417. The Morgan fingerprint density at radius 1 is 0.906 bits per heavy atom. The zero-order valence-electron chi connectivity index (χ0n) is 17.3. The van der Waals surface area contributed by atoms with Crippen LogP contribution in [0, 0.1) is 0 Å². The van der Waals surface area contributed by atoms with Gasteiger partial charge in [-0.05, 0) is 42.5 Å². The lowest BCUT2D eigenvalue weighted by Gasteiger charge is -2.09. The number of nitrogens with one attached hydrogen (secondary N) is 2. The van der Waals surface area contributed by atoms with Crippen LogP contribution >= 0.6 is 0 Å². The first-order chi connectivity index (χ1) is 15.5. The van der Waals surface area contributed by atoms with Gasteiger partial charge in [0.2, 0.25) is 0 Å². The predicted molar refractivity (Wildman–Crippen MR) is 123 cm³/mol. The average Bonchev–Trinajstić information content (AvgIpc) is 3.25. The van der Waals surface area contributed by atoms with E-state index in [2.05, 4.69) is 15.7 Å². The van der Waals surface area contributed by atoms with E-state index in [1.54, 1.807) is 42.3 Å². The van der Waals surface area contributed by atoms with Crippen molar-refractivity contribution in [2.45, 2.75) is 0 Å². The number of benzene rings is 3. The lowest BCUT2D eigenvalue weighted by atomic mass is 10.1. The molecular formula is C24H21N5O3. The molecule has 8 nitrogen and oxygen atoms in total. The normalized spacial score (nSPS) is 10.4. The Labute approximate surface area is 184 Å². The highest BCUT2D eigenvalue weighted by Crippen LogP contribution is 2.32. The number of anilines is 2. The maximum absolute atomic E-state index is 13.3. The molecule has 0 saturated carbocycles. The summed E-state index contributed by atoms with van der Waals surface area (Å²) in [5, 5.41) is 10.0. The van der Waals surface area contributed by atoms with Gasteiger partial charge in [-0.2, -0.15) is 5.10 Å². The van der Waals surface area contributed by atoms with Crippen molar-refractivity contribution in [2.75, 3.05) is 17.7 Å². The van der Waals surface area contributed by atoms with Crippen molar-refractivity contribution in [1.82, 2.24) is 9.78 Å². The number of nitrogens with zero attached hydrogens (tertiary/aromatic N) is 2. The van der Waals surface area contributed by atoms with E-state index in [0.29, 0.717) is 33.9 Å². The molecule has 0 atom stereocenters. The average molecular weight is 427 g/mol. The van der Waals surface area contributed by atoms with Gasteiger partial charge < -0.3 is 21.1 Å². The second kappa shape index (κ2) is 9.05. The molecule has 0 bridgehead atoms. The molecule has 3 amide bonds. The van der Waals surface area contributed by atoms with E-state index < -0.39 is 6.03 Å². The first kappa shape index (κ1) is 20.7. The van der Waals surface area contributed by atoms with Gasteiger partial charge in [-0.3, -0.25) is 4.79 Å². The van der Waals surface area contributed by atoms with Gasteiger partial charge in [0.25, 0.3) is 5.91 Å². The Bertz CT molecular complexity index is 1270. The lowest BCUT2D eigenvalue weighted by Crippen LogP contribution is -2.19. The molecule has 4 N–H and O–H groups in total. The van der Waals surface area contributed by atoms with Crippen LogP contribution in [0.4, 0.5) is 16.2 Å². The standard InChI is InChI=1S/C24H21N5O3/c1-32-21-13-6-5-12-19(21)22-20(15-29(28-22)18-10-3-2-4-11-18)23(30)26-16-8-7-9-17(14-16)27-24(25)31/h2-15H,1H3,(H,26,30)(H3,25,27,31). The second-order valence-corrected chi connectivity index (χ2v) is 6.90. The monoisotopic (exact) mass is 427 g/mol. The highest BCUT2D eigenvalue weighted by molar-refractivity contribution is 6.08. The molecule has 4 rings (SSSR count). The van der Waals surface area contributed by atoms with Crippen LogP contribution in [-0.4, -0.2) is 28.8 Å². The number of primary amides is 1. The van der Waals surface area contributed by atoms with Crippen molar-refractivity contribution in [1.29, 1.82) is 0 Å². The zero-order valence-corrected chi connectivity index (χ0v) is 17.3. The van der Waals surface area contributed by atoms with Crippen molar-refractivity contribution >= 4 is 23.3 Å². The van der Waals surface area contributed by atoms with E-state index in [1.807, 2.05) is 54.6 Å². The smallest absolute Gasteiger partial charge is 0.316 e. The van der Waals surface area contributed by atoms with Gasteiger partial charge in [-0.1, -0.05) is 36.4 Å². The summed E-state index contributed by atoms with van der Waals surface area (Å²) in [6.07, 6.45) is 1.68. The van der Waals surface area contributed by atoms with E-state index >= 15 is 0 Å². The summed E-state index contributed by atoms with van der Waals surface area (Å²) in [4.78, 5) is 24.4. The molecule has 0 fully saturated rings. The third-order valence-corrected chi connectivity index (χ3v) is 4.73. The Morgan fingerprint density at radius 3 is 2.31 bits per heavy atom. The number of carbonyl (C=O) groups excluding carboxylic acids is 2. The second-order valence-electron chi connectivity index (χ2n) is 6.90. The third-order valence-electron chi connectivity index (χ3n) is 4.73. The minimum absolute atomic E-state index is 0.357. The number of para-hydroxylation sites is 2. The van der Waals surface area contributed by atoms with Crippen molar-refractivity contribution in [2.24, 2.45) is 5.73 Å². The highest BCUT2D eigenvalue weighted by Gasteiger charge is 2.21. The molecule has 1 aromatic heterocycles. The van der Waals surface area contributed by atoms with Crippen LogP contribution in [0.5, 0.6) is 5.75 Å². The SMILES string of the molecule is COc1ccccc1-c1nn(-c2ccccc2)cc1C(=O)Nc1cccc(NC(N)=O)c1. The van der Waals surface area contributed by atoms with Gasteiger partial charge in [0.1, 0.15) is 11.4 Å². The number of methoxy groups -OCH3 is 1. The molecule has 0 unspecified atom stereocenters. The number of amides is 3. The van der Waals surface area contributed by atoms with Crippen LogP contribution in [-0.2, 0) is 0 Å². The number of hydrogen-bond acceptors (Lipinski definition) is 4. The van der Waals surface area contributed by atoms with Crippen molar-refractivity contribution in [3.63, 3.8) is 0 Å². The number of urea groups is 1. The minimum atomic E-state index is -0.684. The summed E-state index contributed by atoms with van der Waals surface area (Å²) in [7, 11) is 1.57. The summed E-state index contributed by atoms with van der Waals surface area (Å²) in [5.74, 6) is 0.247. The molecule has 0 aliphatic heterocycles. The van der Waals surface area contributed by atoms with Crippen LogP contribution in [0.2, 0.25) is 0 Å². The van der Waals surface area contributed by atoms with Gasteiger partial charge in [0.15, 0.2) is 0 Å². The van der Waals surface area contributed by atoms with Crippen molar-refractivity contribution < 1.29 is 14.3 Å². The Hall–Kier alpha value is -4.59. The summed E-state index contributed by atoms with van der Waals surface area (Å²) in [5.41, 5.74) is 8.51. The van der Waals surface area contributed by atoms with Crippen molar-refractivity contribution in [3.8, 4) is 22.7 Å². The van der Waals surface area contributed by atoms with Gasteiger partial charge in [-0.15, -0.1) is 0 Å². The molecule has 32 heavy (non-hydrogen) atoms. The number of hydrogen-bond donors (Lipinski definition) is 3. The lowest BCUT2D eigenvalue weighted by molar-refractivity contribution is 0.102.